The minimum Gasteiger partial charge on any atom is -0.379 e. The standard InChI is InChI=1S/C16H24N4O3/c1-10-14(16(22)18-11(2)17-10)4-15(21)20-6-12-5-19(3)7-13(20)9-23-8-12/h12-13H,4-9H2,1-3H3,(H,17,18,22)/t12-,13-/m0/s1. The van der Waals surface area contributed by atoms with Gasteiger partial charge in [-0.1, -0.05) is 0 Å². The molecule has 1 aromatic heterocycles. The van der Waals surface area contributed by atoms with Crippen LogP contribution in [0.2, 0.25) is 0 Å². The van der Waals surface area contributed by atoms with Crippen LogP contribution in [0.3, 0.4) is 0 Å². The van der Waals surface area contributed by atoms with Gasteiger partial charge < -0.3 is 19.5 Å². The van der Waals surface area contributed by atoms with Crippen LogP contribution in [0.25, 0.3) is 0 Å². The van der Waals surface area contributed by atoms with E-state index in [2.05, 4.69) is 21.9 Å². The van der Waals surface area contributed by atoms with Crippen molar-refractivity contribution in [2.45, 2.75) is 26.3 Å². The summed E-state index contributed by atoms with van der Waals surface area (Å²) in [6.07, 6.45) is 0.0986. The van der Waals surface area contributed by atoms with Gasteiger partial charge in [-0.05, 0) is 20.9 Å². The average molecular weight is 320 g/mol. The third-order valence-electron chi connectivity index (χ3n) is 4.64. The van der Waals surface area contributed by atoms with Gasteiger partial charge in [0.05, 0.1) is 25.7 Å². The quantitative estimate of drug-likeness (QED) is 0.811. The average Bonchev–Trinajstić information content (AvgIpc) is 2.72. The first-order valence-corrected chi connectivity index (χ1v) is 8.06. The highest BCUT2D eigenvalue weighted by atomic mass is 16.5. The van der Waals surface area contributed by atoms with Crippen LogP contribution in [0.15, 0.2) is 4.79 Å². The Hall–Kier alpha value is -1.73. The summed E-state index contributed by atoms with van der Waals surface area (Å²) >= 11 is 0. The summed E-state index contributed by atoms with van der Waals surface area (Å²) < 4.78 is 5.70. The number of carbonyl (C=O) groups is 1. The SMILES string of the molecule is Cc1nc(C)c(CC(=O)N2C[C@H]3COC[C@@H]2CN(C)C3)c(=O)[nH]1. The number of hydrogen-bond donors (Lipinski definition) is 1. The first-order valence-electron chi connectivity index (χ1n) is 8.06. The van der Waals surface area contributed by atoms with Gasteiger partial charge in [0.2, 0.25) is 5.91 Å². The Balaban J connectivity index is 1.82. The largest absolute Gasteiger partial charge is 0.379 e. The van der Waals surface area contributed by atoms with Crippen molar-refractivity contribution in [1.82, 2.24) is 19.8 Å². The maximum absolute atomic E-state index is 12.8. The number of hydrogen-bond acceptors (Lipinski definition) is 5. The number of amides is 1. The molecule has 0 saturated carbocycles. The molecule has 2 saturated heterocycles. The molecule has 23 heavy (non-hydrogen) atoms. The van der Waals surface area contributed by atoms with Crippen molar-refractivity contribution in [1.29, 1.82) is 0 Å². The molecule has 2 fully saturated rings. The lowest BCUT2D eigenvalue weighted by Crippen LogP contribution is -2.47. The summed E-state index contributed by atoms with van der Waals surface area (Å²) in [5.74, 6) is 0.886. The highest BCUT2D eigenvalue weighted by molar-refractivity contribution is 5.79. The maximum Gasteiger partial charge on any atom is 0.254 e. The first kappa shape index (κ1) is 16.1. The molecule has 3 rings (SSSR count). The zero-order chi connectivity index (χ0) is 16.6. The van der Waals surface area contributed by atoms with Gasteiger partial charge in [-0.3, -0.25) is 9.59 Å². The molecule has 2 atom stereocenters. The lowest BCUT2D eigenvalue weighted by atomic mass is 10.1. The molecule has 0 spiro atoms. The number of likely N-dealkylation sites (N-methyl/N-ethyl adjacent to an activating group) is 1. The van der Waals surface area contributed by atoms with Crippen molar-refractivity contribution in [2.75, 3.05) is 39.9 Å². The predicted molar refractivity (Wildman–Crippen MR) is 85.3 cm³/mol. The zero-order valence-electron chi connectivity index (χ0n) is 14.0. The zero-order valence-corrected chi connectivity index (χ0v) is 14.0. The van der Waals surface area contributed by atoms with Gasteiger partial charge in [-0.15, -0.1) is 0 Å². The van der Waals surface area contributed by atoms with Crippen LogP contribution < -0.4 is 5.56 Å². The Bertz CT molecular complexity index is 657. The molecule has 7 heteroatoms. The van der Waals surface area contributed by atoms with E-state index in [4.69, 9.17) is 4.74 Å². The van der Waals surface area contributed by atoms with Gasteiger partial charge in [0.15, 0.2) is 0 Å². The molecule has 0 unspecified atom stereocenters. The van der Waals surface area contributed by atoms with Crippen molar-refractivity contribution in [3.8, 4) is 0 Å². The van der Waals surface area contributed by atoms with E-state index in [1.54, 1.807) is 13.8 Å². The summed E-state index contributed by atoms with van der Waals surface area (Å²) in [6.45, 7) is 7.22. The lowest BCUT2D eigenvalue weighted by molar-refractivity contribution is -0.133. The third kappa shape index (κ3) is 3.45. The first-order chi connectivity index (χ1) is 10.9. The molecular weight excluding hydrogens is 296 g/mol. The van der Waals surface area contributed by atoms with E-state index in [0.717, 1.165) is 13.1 Å². The topological polar surface area (TPSA) is 78.5 Å². The molecule has 126 valence electrons. The van der Waals surface area contributed by atoms with Gasteiger partial charge in [0, 0.05) is 36.8 Å². The van der Waals surface area contributed by atoms with E-state index in [1.807, 2.05) is 4.90 Å². The van der Waals surface area contributed by atoms with Gasteiger partial charge >= 0.3 is 0 Å². The smallest absolute Gasteiger partial charge is 0.254 e. The highest BCUT2D eigenvalue weighted by Gasteiger charge is 2.34. The molecule has 2 bridgehead atoms. The van der Waals surface area contributed by atoms with Gasteiger partial charge in [0.1, 0.15) is 5.82 Å². The van der Waals surface area contributed by atoms with E-state index >= 15 is 0 Å². The Morgan fingerprint density at radius 3 is 2.83 bits per heavy atom. The van der Waals surface area contributed by atoms with Crippen molar-refractivity contribution in [2.24, 2.45) is 5.92 Å². The maximum atomic E-state index is 12.8. The number of aromatic amines is 1. The van der Waals surface area contributed by atoms with E-state index < -0.39 is 0 Å². The number of nitrogens with zero attached hydrogens (tertiary/aromatic N) is 3. The Morgan fingerprint density at radius 2 is 2.09 bits per heavy atom. The summed E-state index contributed by atoms with van der Waals surface area (Å²) in [6, 6.07) is 0.0535. The Labute approximate surface area is 135 Å². The molecular formula is C16H24N4O3. The van der Waals surface area contributed by atoms with Gasteiger partial charge in [-0.25, -0.2) is 4.98 Å². The summed E-state index contributed by atoms with van der Waals surface area (Å²) in [5.41, 5.74) is 0.883. The minimum atomic E-state index is -0.213. The normalized spacial score (nSPS) is 25.3. The summed E-state index contributed by atoms with van der Waals surface area (Å²) in [4.78, 5) is 36.1. The molecule has 2 aliphatic rings. The molecule has 0 aliphatic carbocycles. The fourth-order valence-corrected chi connectivity index (χ4v) is 3.59. The molecule has 1 amide bonds. The number of rotatable bonds is 2. The number of fused-ring (bicyclic) bond motifs is 3. The van der Waals surface area contributed by atoms with Crippen LogP contribution in [0.1, 0.15) is 17.1 Å². The van der Waals surface area contributed by atoms with Crippen LogP contribution >= 0.6 is 0 Å². The van der Waals surface area contributed by atoms with Crippen LogP contribution in [0, 0.1) is 19.8 Å². The number of aryl methyl sites for hydroxylation is 2. The predicted octanol–water partition coefficient (Wildman–Crippen LogP) is -0.282. The third-order valence-corrected chi connectivity index (χ3v) is 4.64. The Morgan fingerprint density at radius 1 is 1.30 bits per heavy atom. The number of nitrogens with one attached hydrogen (secondary N) is 1. The van der Waals surface area contributed by atoms with Crippen molar-refractivity contribution >= 4 is 5.91 Å². The molecule has 1 aromatic rings. The minimum absolute atomic E-state index is 0.0138. The second kappa shape index (κ2) is 6.41. The number of aromatic nitrogens is 2. The van der Waals surface area contributed by atoms with Crippen LogP contribution in [0.4, 0.5) is 0 Å². The number of carbonyl (C=O) groups excluding carboxylic acids is 1. The molecule has 0 aromatic carbocycles. The van der Waals surface area contributed by atoms with Crippen LogP contribution in [0.5, 0.6) is 0 Å². The summed E-state index contributed by atoms with van der Waals surface area (Å²) in [7, 11) is 2.08. The molecule has 3 heterocycles. The lowest BCUT2D eigenvalue weighted by Gasteiger charge is -2.29. The van der Waals surface area contributed by atoms with E-state index in [0.29, 0.717) is 42.8 Å². The van der Waals surface area contributed by atoms with E-state index in [1.165, 1.54) is 0 Å². The monoisotopic (exact) mass is 320 g/mol. The van der Waals surface area contributed by atoms with E-state index in [-0.39, 0.29) is 23.9 Å². The van der Waals surface area contributed by atoms with Crippen LogP contribution in [-0.4, -0.2) is 71.6 Å². The molecule has 0 radical (unpaired) electrons. The van der Waals surface area contributed by atoms with Crippen molar-refractivity contribution in [3.05, 3.63) is 27.4 Å². The second-order valence-electron chi connectivity index (χ2n) is 6.72. The molecule has 2 aliphatic heterocycles. The second-order valence-corrected chi connectivity index (χ2v) is 6.72. The van der Waals surface area contributed by atoms with Crippen LogP contribution in [-0.2, 0) is 16.0 Å². The molecule has 7 nitrogen and oxygen atoms in total. The number of ether oxygens (including phenoxy) is 1. The summed E-state index contributed by atoms with van der Waals surface area (Å²) in [5, 5.41) is 0. The number of H-pyrrole nitrogens is 1. The highest BCUT2D eigenvalue weighted by Crippen LogP contribution is 2.19. The fourth-order valence-electron chi connectivity index (χ4n) is 3.59. The van der Waals surface area contributed by atoms with Crippen molar-refractivity contribution < 1.29 is 9.53 Å². The van der Waals surface area contributed by atoms with Gasteiger partial charge in [0.25, 0.3) is 5.56 Å². The Kier molecular flexibility index (Phi) is 4.50. The van der Waals surface area contributed by atoms with Crippen molar-refractivity contribution in [3.63, 3.8) is 0 Å². The molecule has 1 N–H and O–H groups in total. The fraction of sp³-hybridized carbons (Fsp3) is 0.688. The van der Waals surface area contributed by atoms with E-state index in [9.17, 15) is 9.59 Å². The van der Waals surface area contributed by atoms with Gasteiger partial charge in [-0.2, -0.15) is 0 Å².